The smallest absolute Gasteiger partial charge is 0.0544 e. The molecule has 1 heterocycles. The van der Waals surface area contributed by atoms with E-state index in [1.165, 1.54) is 116 Å². The fraction of sp³-hybridized carbons (Fsp3) is 0.0333. The summed E-state index contributed by atoms with van der Waals surface area (Å²) in [6.07, 6.45) is 0. The minimum atomic E-state index is 0.129. The van der Waals surface area contributed by atoms with Gasteiger partial charge in [0.05, 0.1) is 11.0 Å². The van der Waals surface area contributed by atoms with Crippen LogP contribution in [0, 0.1) is 0 Å². The van der Waals surface area contributed by atoms with Crippen LogP contribution in [0.4, 0.5) is 0 Å². The zero-order valence-electron chi connectivity index (χ0n) is 33.5. The molecular weight excluding hydrogens is 735 g/mol. The van der Waals surface area contributed by atoms with Crippen molar-refractivity contribution in [3.63, 3.8) is 0 Å². The van der Waals surface area contributed by atoms with Crippen LogP contribution in [0.5, 0.6) is 0 Å². The summed E-state index contributed by atoms with van der Waals surface area (Å²) in [6.45, 7) is 0. The average molecular weight is 774 g/mol. The quantitative estimate of drug-likeness (QED) is 0.164. The largest absolute Gasteiger partial charge is 0.309 e. The van der Waals surface area contributed by atoms with Crippen LogP contribution < -0.4 is 0 Å². The average Bonchev–Trinajstić information content (AvgIpc) is 3.97. The summed E-state index contributed by atoms with van der Waals surface area (Å²) in [5.41, 5.74) is 22.0. The molecule has 1 nitrogen and oxygen atoms in total. The molecule has 13 rings (SSSR count). The number of hydrogen-bond acceptors (Lipinski definition) is 0. The van der Waals surface area contributed by atoms with Gasteiger partial charge in [0, 0.05) is 28.3 Å². The van der Waals surface area contributed by atoms with Crippen molar-refractivity contribution in [2.45, 2.75) is 11.8 Å². The first-order valence-electron chi connectivity index (χ1n) is 21.4. The van der Waals surface area contributed by atoms with Crippen LogP contribution in [0.25, 0.3) is 82.8 Å². The summed E-state index contributed by atoms with van der Waals surface area (Å²) >= 11 is 0. The highest BCUT2D eigenvalue weighted by molar-refractivity contribution is 6.15. The van der Waals surface area contributed by atoms with E-state index < -0.39 is 0 Å². The molecule has 0 radical (unpaired) electrons. The van der Waals surface area contributed by atoms with Crippen molar-refractivity contribution in [2.75, 3.05) is 0 Å². The predicted octanol–water partition coefficient (Wildman–Crippen LogP) is 15.6. The summed E-state index contributed by atoms with van der Waals surface area (Å²) in [7, 11) is 0. The maximum atomic E-state index is 2.50. The van der Waals surface area contributed by atoms with Gasteiger partial charge in [-0.1, -0.05) is 188 Å². The van der Waals surface area contributed by atoms with E-state index in [2.05, 4.69) is 229 Å². The van der Waals surface area contributed by atoms with E-state index in [4.69, 9.17) is 0 Å². The second-order valence-corrected chi connectivity index (χ2v) is 16.8. The number of nitrogens with zero attached hydrogens (tertiary/aromatic N) is 1. The molecule has 10 aromatic carbocycles. The summed E-state index contributed by atoms with van der Waals surface area (Å²) in [5, 5.41) is 5.10. The number of aromatic nitrogens is 1. The van der Waals surface area contributed by atoms with Crippen LogP contribution in [0.3, 0.4) is 0 Å². The van der Waals surface area contributed by atoms with Crippen LogP contribution in [0.2, 0.25) is 0 Å². The normalized spacial score (nSPS) is 14.9. The number of fused-ring (bicyclic) bond motifs is 11. The van der Waals surface area contributed by atoms with E-state index in [-0.39, 0.29) is 11.8 Å². The molecule has 0 fully saturated rings. The molecule has 0 spiro atoms. The van der Waals surface area contributed by atoms with Gasteiger partial charge in [-0.05, 0) is 125 Å². The Morgan fingerprint density at radius 1 is 0.311 bits per heavy atom. The summed E-state index contributed by atoms with van der Waals surface area (Å²) < 4.78 is 2.50. The first-order valence-corrected chi connectivity index (χ1v) is 21.4. The minimum Gasteiger partial charge on any atom is -0.309 e. The summed E-state index contributed by atoms with van der Waals surface area (Å²) in [6, 6.07) is 83.7. The van der Waals surface area contributed by atoms with Gasteiger partial charge in [0.2, 0.25) is 0 Å². The SMILES string of the molecule is c1ccc(-c2cccc(C3c4ccccc4-c4cc(-c5ccc6c(c5)c5c7c(ccc5n6-c5ccc6ccccc6c5)-c5ccccc5C7c5ccccc5)ccc43)c2)cc1. The lowest BCUT2D eigenvalue weighted by Gasteiger charge is -2.16. The molecule has 1 aromatic heterocycles. The zero-order chi connectivity index (χ0) is 40.0. The van der Waals surface area contributed by atoms with Crippen LogP contribution in [-0.4, -0.2) is 4.57 Å². The first kappa shape index (κ1) is 34.2. The molecule has 1 heteroatoms. The first-order chi connectivity index (χ1) is 30.3. The van der Waals surface area contributed by atoms with Gasteiger partial charge in [-0.3, -0.25) is 0 Å². The van der Waals surface area contributed by atoms with E-state index >= 15 is 0 Å². The van der Waals surface area contributed by atoms with E-state index in [1.807, 2.05) is 0 Å². The van der Waals surface area contributed by atoms with Gasteiger partial charge in [0.1, 0.15) is 0 Å². The van der Waals surface area contributed by atoms with Gasteiger partial charge in [0.25, 0.3) is 0 Å². The molecule has 0 N–H and O–H groups in total. The molecule has 2 aliphatic rings. The third-order valence-corrected chi connectivity index (χ3v) is 13.5. The van der Waals surface area contributed by atoms with Crippen molar-refractivity contribution in [1.82, 2.24) is 4.57 Å². The Labute approximate surface area is 355 Å². The van der Waals surface area contributed by atoms with E-state index in [0.717, 1.165) is 0 Å². The monoisotopic (exact) mass is 773 g/mol. The second kappa shape index (κ2) is 13.4. The molecule has 0 amide bonds. The molecule has 0 saturated heterocycles. The van der Waals surface area contributed by atoms with Crippen molar-refractivity contribution < 1.29 is 0 Å². The standard InChI is InChI=1S/C60H39N/c1-3-14-38(15-4-1)41-20-13-21-45(34-41)57-49-24-11-10-23-48(49)53-36-43(27-30-52(53)57)44-28-32-55-54(37-44)59-56(61(55)46-29-26-39-16-7-8-19-42(39)35-46)33-31-51-47-22-9-12-25-50(47)58(60(51)59)40-17-5-2-6-18-40/h1-37,57-58H. The Balaban J connectivity index is 1.03. The van der Waals surface area contributed by atoms with E-state index in [0.29, 0.717) is 0 Å². The third kappa shape index (κ3) is 5.20. The lowest BCUT2D eigenvalue weighted by atomic mass is 9.86. The topological polar surface area (TPSA) is 4.93 Å². The number of hydrogen-bond donors (Lipinski definition) is 0. The number of rotatable bonds is 5. The molecule has 0 saturated carbocycles. The second-order valence-electron chi connectivity index (χ2n) is 16.8. The number of benzene rings is 10. The minimum absolute atomic E-state index is 0.129. The molecule has 2 aliphatic carbocycles. The molecule has 61 heavy (non-hydrogen) atoms. The molecule has 0 aliphatic heterocycles. The Hall–Kier alpha value is -7.74. The fourth-order valence-corrected chi connectivity index (χ4v) is 10.9. The van der Waals surface area contributed by atoms with Gasteiger partial charge >= 0.3 is 0 Å². The van der Waals surface area contributed by atoms with Crippen molar-refractivity contribution in [3.8, 4) is 50.2 Å². The van der Waals surface area contributed by atoms with Crippen LogP contribution in [0.15, 0.2) is 224 Å². The van der Waals surface area contributed by atoms with Crippen molar-refractivity contribution in [3.05, 3.63) is 258 Å². The highest BCUT2D eigenvalue weighted by Gasteiger charge is 2.34. The van der Waals surface area contributed by atoms with Gasteiger partial charge < -0.3 is 4.57 Å². The van der Waals surface area contributed by atoms with Crippen molar-refractivity contribution in [1.29, 1.82) is 0 Å². The Morgan fingerprint density at radius 3 is 1.75 bits per heavy atom. The fourth-order valence-electron chi connectivity index (χ4n) is 10.9. The molecule has 2 unspecified atom stereocenters. The van der Waals surface area contributed by atoms with Crippen LogP contribution >= 0.6 is 0 Å². The van der Waals surface area contributed by atoms with Crippen molar-refractivity contribution in [2.24, 2.45) is 0 Å². The molecular formula is C60H39N. The Kier molecular flexibility index (Phi) is 7.50. The summed E-state index contributed by atoms with van der Waals surface area (Å²) in [4.78, 5) is 0. The van der Waals surface area contributed by atoms with Gasteiger partial charge in [-0.15, -0.1) is 0 Å². The van der Waals surface area contributed by atoms with Gasteiger partial charge in [-0.2, -0.15) is 0 Å². The zero-order valence-corrected chi connectivity index (χ0v) is 33.5. The van der Waals surface area contributed by atoms with E-state index in [1.54, 1.807) is 0 Å². The summed E-state index contributed by atoms with van der Waals surface area (Å²) in [5.74, 6) is 0.301. The van der Waals surface area contributed by atoms with Crippen LogP contribution in [0.1, 0.15) is 45.2 Å². The molecule has 2 atom stereocenters. The Bertz CT molecular complexity index is 3540. The highest BCUT2D eigenvalue weighted by atomic mass is 15.0. The maximum absolute atomic E-state index is 2.50. The predicted molar refractivity (Wildman–Crippen MR) is 255 cm³/mol. The van der Waals surface area contributed by atoms with Crippen molar-refractivity contribution >= 4 is 32.6 Å². The van der Waals surface area contributed by atoms with Crippen LogP contribution in [-0.2, 0) is 0 Å². The lowest BCUT2D eigenvalue weighted by molar-refractivity contribution is 1.02. The lowest BCUT2D eigenvalue weighted by Crippen LogP contribution is -2.00. The van der Waals surface area contributed by atoms with Gasteiger partial charge in [-0.25, -0.2) is 0 Å². The third-order valence-electron chi connectivity index (χ3n) is 13.5. The Morgan fingerprint density at radius 2 is 0.918 bits per heavy atom. The van der Waals surface area contributed by atoms with Gasteiger partial charge in [0.15, 0.2) is 0 Å². The molecule has 284 valence electrons. The maximum Gasteiger partial charge on any atom is 0.0544 e. The van der Waals surface area contributed by atoms with E-state index in [9.17, 15) is 0 Å². The molecule has 0 bridgehead atoms. The molecule has 11 aromatic rings. The highest BCUT2D eigenvalue weighted by Crippen LogP contribution is 2.54.